The highest BCUT2D eigenvalue weighted by Gasteiger charge is 2.34. The number of nitrogens with zero attached hydrogens (tertiary/aromatic N) is 4. The molecule has 0 aromatic heterocycles. The molecule has 2 fully saturated rings. The molecule has 10 nitrogen and oxygen atoms in total. The standard InChI is InChI=1S/C36H40ClN6O4/c1-25(44)40-16-20-42(21-17-40)35(46)30-8-4-5-9-32(30)41-18-22-43(23-19-41)36(47)31(24-26-10-12-28(37)13-11-26)39-34(45)33-29-7-3-2-6-27(29)14-15-38-33/h2-13,15,31,33,38H,14,16-24H2,1H3,(H,39,45)/t31-,33?/m1/s1. The largest absolute Gasteiger partial charge is 0.367 e. The van der Waals surface area contributed by atoms with Crippen LogP contribution in [0.1, 0.15) is 40.0 Å². The van der Waals surface area contributed by atoms with Crippen molar-refractivity contribution in [3.63, 3.8) is 0 Å². The van der Waals surface area contributed by atoms with Gasteiger partial charge in [0, 0.05) is 83.0 Å². The van der Waals surface area contributed by atoms with Gasteiger partial charge in [0.2, 0.25) is 17.7 Å². The number of carbonyl (C=O) groups excluding carboxylic acids is 4. The van der Waals surface area contributed by atoms with Crippen molar-refractivity contribution in [1.29, 1.82) is 0 Å². The van der Waals surface area contributed by atoms with Crippen LogP contribution in [0.3, 0.4) is 0 Å². The van der Waals surface area contributed by atoms with Crippen LogP contribution in [0.4, 0.5) is 5.69 Å². The number of fused-ring (bicyclic) bond motifs is 1. The molecule has 0 saturated carbocycles. The number of rotatable bonds is 7. The van der Waals surface area contributed by atoms with Crippen molar-refractivity contribution in [1.82, 2.24) is 25.3 Å². The van der Waals surface area contributed by atoms with Gasteiger partial charge in [0.25, 0.3) is 5.91 Å². The van der Waals surface area contributed by atoms with Crippen LogP contribution >= 0.6 is 11.6 Å². The average Bonchev–Trinajstić information content (AvgIpc) is 3.11. The van der Waals surface area contributed by atoms with E-state index in [1.807, 2.05) is 67.2 Å². The van der Waals surface area contributed by atoms with E-state index in [2.05, 4.69) is 15.5 Å². The summed E-state index contributed by atoms with van der Waals surface area (Å²) in [6.45, 7) is 7.47. The number of halogens is 1. The normalized spacial score (nSPS) is 18.7. The zero-order valence-corrected chi connectivity index (χ0v) is 27.3. The first-order valence-corrected chi connectivity index (χ1v) is 16.5. The van der Waals surface area contributed by atoms with E-state index in [1.165, 1.54) is 0 Å². The van der Waals surface area contributed by atoms with Crippen LogP contribution in [0.2, 0.25) is 5.02 Å². The molecule has 2 N–H and O–H groups in total. The molecule has 3 aliphatic rings. The molecule has 0 spiro atoms. The average molecular weight is 656 g/mol. The first kappa shape index (κ1) is 32.5. The van der Waals surface area contributed by atoms with E-state index < -0.39 is 12.1 Å². The number of carbonyl (C=O) groups is 4. The third-order valence-electron chi connectivity index (χ3n) is 9.28. The minimum atomic E-state index is -0.770. The Kier molecular flexibility index (Phi) is 10.1. The molecule has 47 heavy (non-hydrogen) atoms. The van der Waals surface area contributed by atoms with E-state index in [4.69, 9.17) is 11.6 Å². The van der Waals surface area contributed by atoms with Crippen molar-refractivity contribution in [3.05, 3.63) is 107 Å². The highest BCUT2D eigenvalue weighted by molar-refractivity contribution is 6.30. The van der Waals surface area contributed by atoms with Gasteiger partial charge in [-0.05, 0) is 47.4 Å². The fraction of sp³-hybridized carbons (Fsp3) is 0.361. The monoisotopic (exact) mass is 655 g/mol. The fourth-order valence-corrected chi connectivity index (χ4v) is 6.75. The van der Waals surface area contributed by atoms with Gasteiger partial charge in [-0.2, -0.15) is 0 Å². The topological polar surface area (TPSA) is 105 Å². The zero-order chi connectivity index (χ0) is 32.9. The van der Waals surface area contributed by atoms with Gasteiger partial charge in [-0.3, -0.25) is 24.5 Å². The van der Waals surface area contributed by atoms with Crippen molar-refractivity contribution in [2.75, 3.05) is 57.3 Å². The van der Waals surface area contributed by atoms with E-state index in [1.54, 1.807) is 33.8 Å². The summed E-state index contributed by atoms with van der Waals surface area (Å²) in [4.78, 5) is 60.6. The van der Waals surface area contributed by atoms with Crippen molar-refractivity contribution in [2.24, 2.45) is 0 Å². The number of hydrogen-bond donors (Lipinski definition) is 2. The van der Waals surface area contributed by atoms with Crippen molar-refractivity contribution in [3.8, 4) is 0 Å². The summed E-state index contributed by atoms with van der Waals surface area (Å²) in [5, 5.41) is 6.88. The Morgan fingerprint density at radius 2 is 1.45 bits per heavy atom. The second kappa shape index (κ2) is 14.6. The minimum Gasteiger partial charge on any atom is -0.367 e. The number of benzene rings is 3. The number of amides is 4. The quantitative estimate of drug-likeness (QED) is 0.406. The smallest absolute Gasteiger partial charge is 0.256 e. The molecular weight excluding hydrogens is 616 g/mol. The lowest BCUT2D eigenvalue weighted by Crippen LogP contribution is -2.57. The molecular formula is C36H40ClN6O4. The lowest BCUT2D eigenvalue weighted by Gasteiger charge is -2.39. The second-order valence-corrected chi connectivity index (χ2v) is 12.7. The van der Waals surface area contributed by atoms with Gasteiger partial charge >= 0.3 is 0 Å². The van der Waals surface area contributed by atoms with E-state index in [0.717, 1.165) is 28.8 Å². The Morgan fingerprint density at radius 1 is 0.809 bits per heavy atom. The van der Waals surface area contributed by atoms with Crippen LogP contribution in [-0.4, -0.2) is 96.7 Å². The van der Waals surface area contributed by atoms with Gasteiger partial charge in [0.05, 0.1) is 5.56 Å². The third-order valence-corrected chi connectivity index (χ3v) is 9.53. The molecule has 0 bridgehead atoms. The number of hydrogen-bond acceptors (Lipinski definition) is 6. The van der Waals surface area contributed by atoms with E-state index in [-0.39, 0.29) is 23.6 Å². The lowest BCUT2D eigenvalue weighted by atomic mass is 9.93. The number of anilines is 1. The molecule has 3 aromatic carbocycles. The number of piperazine rings is 2. The maximum atomic E-state index is 14.1. The molecule has 3 aliphatic heterocycles. The van der Waals surface area contributed by atoms with Crippen molar-refractivity contribution in [2.45, 2.75) is 31.8 Å². The highest BCUT2D eigenvalue weighted by atomic mass is 35.5. The van der Waals surface area contributed by atoms with Gasteiger partial charge < -0.3 is 24.9 Å². The molecule has 2 atom stereocenters. The molecule has 1 unspecified atom stereocenters. The minimum absolute atomic E-state index is 0.0226. The number of para-hydroxylation sites is 1. The van der Waals surface area contributed by atoms with E-state index in [9.17, 15) is 19.2 Å². The van der Waals surface area contributed by atoms with E-state index in [0.29, 0.717) is 69.4 Å². The van der Waals surface area contributed by atoms with Crippen LogP contribution in [0.25, 0.3) is 0 Å². The molecule has 3 heterocycles. The Hall–Kier alpha value is -4.41. The summed E-state index contributed by atoms with van der Waals surface area (Å²) in [7, 11) is 0. The van der Waals surface area contributed by atoms with Crippen molar-refractivity contribution < 1.29 is 19.2 Å². The molecule has 0 aliphatic carbocycles. The summed E-state index contributed by atoms with van der Waals surface area (Å²) in [5.74, 6) is -0.428. The molecule has 245 valence electrons. The molecule has 4 amide bonds. The zero-order valence-electron chi connectivity index (χ0n) is 26.5. The Labute approximate surface area is 280 Å². The predicted molar refractivity (Wildman–Crippen MR) is 181 cm³/mol. The maximum Gasteiger partial charge on any atom is 0.256 e. The molecule has 6 rings (SSSR count). The maximum absolute atomic E-state index is 14.1. The highest BCUT2D eigenvalue weighted by Crippen LogP contribution is 2.26. The molecule has 1 radical (unpaired) electrons. The van der Waals surface area contributed by atoms with Gasteiger partial charge in [0.15, 0.2) is 0 Å². The van der Waals surface area contributed by atoms with Gasteiger partial charge in [-0.15, -0.1) is 0 Å². The lowest BCUT2D eigenvalue weighted by molar-refractivity contribution is -0.137. The van der Waals surface area contributed by atoms with Crippen molar-refractivity contribution >= 4 is 40.9 Å². The van der Waals surface area contributed by atoms with Crippen LogP contribution in [0, 0.1) is 6.54 Å². The van der Waals surface area contributed by atoms with Gasteiger partial charge in [-0.25, -0.2) is 0 Å². The predicted octanol–water partition coefficient (Wildman–Crippen LogP) is 3.07. The fourth-order valence-electron chi connectivity index (χ4n) is 6.62. The van der Waals surface area contributed by atoms with Gasteiger partial charge in [0.1, 0.15) is 12.1 Å². The Balaban J connectivity index is 1.14. The summed E-state index contributed by atoms with van der Waals surface area (Å²) in [5.41, 5.74) is 4.34. The van der Waals surface area contributed by atoms with Gasteiger partial charge in [-0.1, -0.05) is 60.1 Å². The number of nitrogens with one attached hydrogen (secondary N) is 2. The molecule has 11 heteroatoms. The summed E-state index contributed by atoms with van der Waals surface area (Å²) in [6.07, 6.45) is 1.05. The first-order chi connectivity index (χ1) is 22.8. The Bertz CT molecular complexity index is 1620. The SMILES string of the molecule is CC(=O)N1CCN(C(=O)c2ccccc2N2CCN(C(=O)[C@@H](Cc3ccc(Cl)cc3)NC(=O)C3N[CH]Cc4ccccc43)CC2)CC1. The van der Waals surface area contributed by atoms with Crippen LogP contribution < -0.4 is 15.5 Å². The molecule has 3 aromatic rings. The third kappa shape index (κ3) is 7.44. The van der Waals surface area contributed by atoms with Crippen LogP contribution in [0.15, 0.2) is 72.8 Å². The van der Waals surface area contributed by atoms with E-state index >= 15 is 0 Å². The summed E-state index contributed by atoms with van der Waals surface area (Å²) in [6, 6.07) is 21.4. The molecule has 2 saturated heterocycles. The van der Waals surface area contributed by atoms with Crippen LogP contribution in [-0.2, 0) is 27.2 Å². The van der Waals surface area contributed by atoms with Crippen LogP contribution in [0.5, 0.6) is 0 Å². The Morgan fingerprint density at radius 3 is 2.17 bits per heavy atom. The summed E-state index contributed by atoms with van der Waals surface area (Å²) >= 11 is 6.12. The first-order valence-electron chi connectivity index (χ1n) is 16.2. The second-order valence-electron chi connectivity index (χ2n) is 12.2. The summed E-state index contributed by atoms with van der Waals surface area (Å²) < 4.78 is 0.